The third-order valence-corrected chi connectivity index (χ3v) is 8.69. The van der Waals surface area contributed by atoms with Crippen molar-refractivity contribution >= 4 is 35.0 Å². The lowest BCUT2D eigenvalue weighted by Gasteiger charge is -2.40. The number of nitrogens with zero attached hydrogens (tertiary/aromatic N) is 5. The Morgan fingerprint density at radius 3 is 2.43 bits per heavy atom. The number of fused-ring (bicyclic) bond motifs is 1. The summed E-state index contributed by atoms with van der Waals surface area (Å²) in [5.41, 5.74) is 2.00. The van der Waals surface area contributed by atoms with Gasteiger partial charge in [0, 0.05) is 74.4 Å². The van der Waals surface area contributed by atoms with Crippen LogP contribution >= 0.6 is 0 Å². The van der Waals surface area contributed by atoms with E-state index < -0.39 is 5.41 Å². The Kier molecular flexibility index (Phi) is 6.26. The second-order valence-electron chi connectivity index (χ2n) is 11.2. The fraction of sp³-hybridized carbons (Fsp3) is 0.571. The van der Waals surface area contributed by atoms with Crippen molar-refractivity contribution in [3.8, 4) is 0 Å². The molecule has 1 spiro atoms. The van der Waals surface area contributed by atoms with Gasteiger partial charge < -0.3 is 15.5 Å². The van der Waals surface area contributed by atoms with Crippen molar-refractivity contribution in [3.05, 3.63) is 36.0 Å². The number of hydrogen-bond acceptors (Lipinski definition) is 7. The minimum Gasteiger partial charge on any atom is -0.369 e. The van der Waals surface area contributed by atoms with Gasteiger partial charge in [-0.25, -0.2) is 4.98 Å². The normalized spacial score (nSPS) is 24.7. The maximum Gasteiger partial charge on any atom is 0.244 e. The van der Waals surface area contributed by atoms with E-state index >= 15 is 0 Å². The van der Waals surface area contributed by atoms with E-state index in [1.165, 1.54) is 5.69 Å². The predicted octanol–water partition coefficient (Wildman–Crippen LogP) is 3.09. The highest BCUT2D eigenvalue weighted by Crippen LogP contribution is 2.44. The SMILES string of the molecule is CC(C)N1CCN(c2ccc(Nc3ncc4c(n3)N(C3CCCC3)C(=O)C3(CCNC3=O)C4)cc2)CC1. The van der Waals surface area contributed by atoms with Crippen LogP contribution in [0.4, 0.5) is 23.1 Å². The van der Waals surface area contributed by atoms with E-state index in [1.54, 1.807) is 6.20 Å². The highest BCUT2D eigenvalue weighted by atomic mass is 16.2. The van der Waals surface area contributed by atoms with E-state index in [1.807, 2.05) is 4.90 Å². The molecule has 37 heavy (non-hydrogen) atoms. The van der Waals surface area contributed by atoms with Crippen LogP contribution in [0.2, 0.25) is 0 Å². The molecule has 196 valence electrons. The zero-order valence-corrected chi connectivity index (χ0v) is 21.9. The second kappa shape index (κ2) is 9.59. The summed E-state index contributed by atoms with van der Waals surface area (Å²) >= 11 is 0. The summed E-state index contributed by atoms with van der Waals surface area (Å²) in [6.07, 6.45) is 6.79. The van der Waals surface area contributed by atoms with Crippen molar-refractivity contribution in [3.63, 3.8) is 0 Å². The maximum atomic E-state index is 13.8. The van der Waals surface area contributed by atoms with Gasteiger partial charge in [-0.05, 0) is 57.4 Å². The molecule has 1 unspecified atom stereocenters. The standard InChI is InChI=1S/C28H37N7O2/c1-19(2)33-13-15-34(16-14-33)22-9-7-21(8-10-22)31-27-30-18-20-17-28(11-12-29-25(28)36)26(37)35(24(20)32-27)23-5-3-4-6-23/h7-10,18-19,23H,3-6,11-17H2,1-2H3,(H,29,36)(H,30,31,32). The van der Waals surface area contributed by atoms with Gasteiger partial charge in [-0.2, -0.15) is 4.98 Å². The third-order valence-electron chi connectivity index (χ3n) is 8.69. The van der Waals surface area contributed by atoms with Gasteiger partial charge in [0.2, 0.25) is 17.8 Å². The minimum absolute atomic E-state index is 0.0894. The molecule has 6 rings (SSSR count). The number of benzene rings is 1. The molecule has 2 aromatic rings. The van der Waals surface area contributed by atoms with Gasteiger partial charge in [0.05, 0.1) is 0 Å². The van der Waals surface area contributed by atoms with Crippen LogP contribution in [0, 0.1) is 5.41 Å². The summed E-state index contributed by atoms with van der Waals surface area (Å²) in [6.45, 7) is 9.28. The maximum absolute atomic E-state index is 13.8. The number of nitrogens with one attached hydrogen (secondary N) is 2. The Morgan fingerprint density at radius 2 is 1.78 bits per heavy atom. The summed E-state index contributed by atoms with van der Waals surface area (Å²) in [6, 6.07) is 9.08. The molecule has 2 saturated heterocycles. The van der Waals surface area contributed by atoms with E-state index in [4.69, 9.17) is 4.98 Å². The second-order valence-corrected chi connectivity index (χ2v) is 11.2. The Labute approximate surface area is 218 Å². The van der Waals surface area contributed by atoms with Gasteiger partial charge in [-0.1, -0.05) is 12.8 Å². The van der Waals surface area contributed by atoms with Crippen LogP contribution in [0.15, 0.2) is 30.5 Å². The van der Waals surface area contributed by atoms with Crippen molar-refractivity contribution in [2.75, 3.05) is 47.8 Å². The molecule has 1 aromatic heterocycles. The lowest BCUT2D eigenvalue weighted by molar-refractivity contribution is -0.140. The van der Waals surface area contributed by atoms with E-state index in [9.17, 15) is 9.59 Å². The molecule has 3 aliphatic heterocycles. The minimum atomic E-state index is -1.01. The molecule has 0 bridgehead atoms. The van der Waals surface area contributed by atoms with Crippen LogP contribution in [-0.4, -0.2) is 71.5 Å². The zero-order valence-electron chi connectivity index (χ0n) is 21.9. The molecule has 1 aliphatic carbocycles. The van der Waals surface area contributed by atoms with Crippen molar-refractivity contribution in [1.29, 1.82) is 0 Å². The van der Waals surface area contributed by atoms with E-state index in [-0.39, 0.29) is 17.9 Å². The van der Waals surface area contributed by atoms with Crippen LogP contribution in [0.1, 0.15) is 51.5 Å². The average molecular weight is 504 g/mol. The predicted molar refractivity (Wildman–Crippen MR) is 144 cm³/mol. The fourth-order valence-corrected chi connectivity index (χ4v) is 6.45. The lowest BCUT2D eigenvalue weighted by atomic mass is 9.76. The molecule has 2 N–H and O–H groups in total. The first-order chi connectivity index (χ1) is 17.9. The number of hydrogen-bond donors (Lipinski definition) is 2. The first-order valence-corrected chi connectivity index (χ1v) is 13.8. The van der Waals surface area contributed by atoms with Crippen LogP contribution in [-0.2, 0) is 16.0 Å². The molecule has 1 aromatic carbocycles. The van der Waals surface area contributed by atoms with Crippen molar-refractivity contribution in [2.24, 2.45) is 5.41 Å². The molecule has 2 amide bonds. The summed E-state index contributed by atoms with van der Waals surface area (Å²) in [5, 5.41) is 6.22. The van der Waals surface area contributed by atoms with Gasteiger partial charge >= 0.3 is 0 Å². The highest BCUT2D eigenvalue weighted by molar-refractivity contribution is 6.14. The number of anilines is 4. The van der Waals surface area contributed by atoms with Crippen molar-refractivity contribution in [2.45, 2.75) is 64.5 Å². The van der Waals surface area contributed by atoms with Crippen molar-refractivity contribution in [1.82, 2.24) is 20.2 Å². The Bertz CT molecular complexity index is 1170. The Hall–Kier alpha value is -3.20. The quantitative estimate of drug-likeness (QED) is 0.606. The van der Waals surface area contributed by atoms with Crippen LogP contribution in [0.25, 0.3) is 0 Å². The molecule has 1 atom stereocenters. The Balaban J connectivity index is 1.22. The first kappa shape index (κ1) is 24.2. The number of rotatable bonds is 5. The molecule has 0 radical (unpaired) electrons. The number of amides is 2. The summed E-state index contributed by atoms with van der Waals surface area (Å²) < 4.78 is 0. The first-order valence-electron chi connectivity index (χ1n) is 13.8. The van der Waals surface area contributed by atoms with Crippen molar-refractivity contribution < 1.29 is 9.59 Å². The van der Waals surface area contributed by atoms with E-state index in [0.717, 1.165) is 63.1 Å². The summed E-state index contributed by atoms with van der Waals surface area (Å²) in [4.78, 5) is 42.8. The van der Waals surface area contributed by atoms with Gasteiger partial charge in [-0.15, -0.1) is 0 Å². The average Bonchev–Trinajstić information content (AvgIpc) is 3.56. The fourth-order valence-electron chi connectivity index (χ4n) is 6.45. The van der Waals surface area contributed by atoms with E-state index in [0.29, 0.717) is 37.2 Å². The lowest BCUT2D eigenvalue weighted by Crippen LogP contribution is -2.56. The molecular weight excluding hydrogens is 466 g/mol. The van der Waals surface area contributed by atoms with Crippen LogP contribution < -0.4 is 20.4 Å². The van der Waals surface area contributed by atoms with E-state index in [2.05, 4.69) is 63.5 Å². The number of carbonyl (C=O) groups excluding carboxylic acids is 2. The van der Waals surface area contributed by atoms with Crippen LogP contribution in [0.5, 0.6) is 0 Å². The molecule has 9 nitrogen and oxygen atoms in total. The largest absolute Gasteiger partial charge is 0.369 e. The topological polar surface area (TPSA) is 93.7 Å². The number of carbonyl (C=O) groups is 2. The molecular formula is C28H37N7O2. The highest BCUT2D eigenvalue weighted by Gasteiger charge is 2.56. The van der Waals surface area contributed by atoms with Gasteiger partial charge in [0.25, 0.3) is 0 Å². The van der Waals surface area contributed by atoms with Gasteiger partial charge in [-0.3, -0.25) is 19.4 Å². The zero-order chi connectivity index (χ0) is 25.6. The summed E-state index contributed by atoms with van der Waals surface area (Å²) in [7, 11) is 0. The molecule has 4 aliphatic rings. The van der Waals surface area contributed by atoms with Gasteiger partial charge in [0.15, 0.2) is 0 Å². The smallest absolute Gasteiger partial charge is 0.244 e. The number of piperazine rings is 1. The molecule has 9 heteroatoms. The third kappa shape index (κ3) is 4.33. The Morgan fingerprint density at radius 1 is 1.05 bits per heavy atom. The molecule has 4 heterocycles. The summed E-state index contributed by atoms with van der Waals surface area (Å²) in [5.74, 6) is 0.895. The molecule has 1 saturated carbocycles. The number of aromatic nitrogens is 2. The van der Waals surface area contributed by atoms with Gasteiger partial charge in [0.1, 0.15) is 11.2 Å². The molecule has 3 fully saturated rings. The monoisotopic (exact) mass is 503 g/mol. The van der Waals surface area contributed by atoms with Crippen LogP contribution in [0.3, 0.4) is 0 Å².